The number of hydrogen-bond donors (Lipinski definition) is 0. The van der Waals surface area contributed by atoms with E-state index >= 15 is 0 Å². The number of sulfonamides is 1. The van der Waals surface area contributed by atoms with E-state index in [1.165, 1.54) is 10.6 Å². The minimum absolute atomic E-state index is 0.0269. The third-order valence-electron chi connectivity index (χ3n) is 5.24. The zero-order valence-corrected chi connectivity index (χ0v) is 18.1. The second-order valence-electron chi connectivity index (χ2n) is 7.57. The molecule has 0 aromatic heterocycles. The number of hydrogen-bond acceptors (Lipinski definition) is 4. The van der Waals surface area contributed by atoms with Gasteiger partial charge in [0.05, 0.1) is 11.9 Å². The average Bonchev–Trinajstić information content (AvgIpc) is 2.61. The van der Waals surface area contributed by atoms with Gasteiger partial charge in [-0.15, -0.1) is 0 Å². The molecule has 1 aromatic carbocycles. The number of aryl methyl sites for hydroxylation is 1. The largest absolute Gasteiger partial charge is 0.340 e. The Bertz CT molecular complexity index is 754. The van der Waals surface area contributed by atoms with E-state index in [0.29, 0.717) is 13.1 Å². The van der Waals surface area contributed by atoms with Gasteiger partial charge in [-0.2, -0.15) is 0 Å². The van der Waals surface area contributed by atoms with Crippen molar-refractivity contribution in [2.45, 2.75) is 40.0 Å². The molecule has 1 amide bonds. The van der Waals surface area contributed by atoms with Crippen LogP contribution in [0.1, 0.15) is 44.2 Å². The number of nitrogens with zero attached hydrogens (tertiary/aromatic N) is 3. The number of para-hydroxylation sites is 1. The van der Waals surface area contributed by atoms with E-state index in [4.69, 9.17) is 0 Å². The first kappa shape index (κ1) is 21.7. The molecule has 0 atom stereocenters. The lowest BCUT2D eigenvalue weighted by atomic mass is 9.98. The van der Waals surface area contributed by atoms with Gasteiger partial charge in [0.2, 0.25) is 15.9 Å². The summed E-state index contributed by atoms with van der Waals surface area (Å²) in [5.74, 6) is 0.223. The number of benzene rings is 1. The molecule has 1 aromatic rings. The topological polar surface area (TPSA) is 60.9 Å². The molecule has 0 radical (unpaired) electrons. The first-order chi connectivity index (χ1) is 12.6. The Morgan fingerprint density at radius 1 is 1.19 bits per heavy atom. The van der Waals surface area contributed by atoms with Crippen molar-refractivity contribution in [3.8, 4) is 0 Å². The summed E-state index contributed by atoms with van der Waals surface area (Å²) in [6.07, 6.45) is 1.42. The van der Waals surface area contributed by atoms with Crippen molar-refractivity contribution in [3.05, 3.63) is 29.3 Å². The molecule has 0 aliphatic carbocycles. The Morgan fingerprint density at radius 3 is 2.33 bits per heavy atom. The molecular formula is C20H33N3O3S. The molecule has 0 N–H and O–H groups in total. The van der Waals surface area contributed by atoms with Gasteiger partial charge in [0, 0.05) is 39.1 Å². The fraction of sp³-hybridized carbons (Fsp3) is 0.650. The van der Waals surface area contributed by atoms with Gasteiger partial charge >= 0.3 is 0 Å². The number of rotatable bonds is 7. The summed E-state index contributed by atoms with van der Waals surface area (Å²) in [5, 5.41) is 0. The Hall–Kier alpha value is -1.60. The number of carbonyl (C=O) groups excluding carboxylic acids is 1. The van der Waals surface area contributed by atoms with Gasteiger partial charge in [0.15, 0.2) is 0 Å². The normalized spacial score (nSPS) is 16.0. The fourth-order valence-corrected chi connectivity index (χ4v) is 4.60. The van der Waals surface area contributed by atoms with Crippen molar-refractivity contribution in [1.82, 2.24) is 9.80 Å². The van der Waals surface area contributed by atoms with Crippen molar-refractivity contribution in [2.24, 2.45) is 0 Å². The van der Waals surface area contributed by atoms with Crippen molar-refractivity contribution < 1.29 is 13.2 Å². The summed E-state index contributed by atoms with van der Waals surface area (Å²) in [7, 11) is -3.48. The SMILES string of the molecule is CCN1CCN(C(=O)CCN(c2c(C)cccc2C(C)C)S(C)(=O)=O)CC1. The van der Waals surface area contributed by atoms with Crippen molar-refractivity contribution in [2.75, 3.05) is 49.8 Å². The van der Waals surface area contributed by atoms with Crippen LogP contribution in [0.3, 0.4) is 0 Å². The minimum atomic E-state index is -3.48. The molecule has 1 saturated heterocycles. The molecular weight excluding hydrogens is 362 g/mol. The van der Waals surface area contributed by atoms with Gasteiger partial charge in [0.1, 0.15) is 0 Å². The van der Waals surface area contributed by atoms with Crippen LogP contribution in [-0.4, -0.2) is 69.6 Å². The van der Waals surface area contributed by atoms with Crippen LogP contribution < -0.4 is 4.31 Å². The van der Waals surface area contributed by atoms with E-state index in [-0.39, 0.29) is 24.8 Å². The molecule has 27 heavy (non-hydrogen) atoms. The van der Waals surface area contributed by atoms with Crippen LogP contribution in [0.2, 0.25) is 0 Å². The highest BCUT2D eigenvalue weighted by molar-refractivity contribution is 7.92. The third-order valence-corrected chi connectivity index (χ3v) is 6.41. The fourth-order valence-electron chi connectivity index (χ4n) is 3.60. The van der Waals surface area contributed by atoms with Crippen molar-refractivity contribution in [1.29, 1.82) is 0 Å². The van der Waals surface area contributed by atoms with E-state index in [1.807, 2.05) is 30.0 Å². The Balaban J connectivity index is 2.17. The van der Waals surface area contributed by atoms with E-state index < -0.39 is 10.0 Å². The molecule has 0 unspecified atom stereocenters. The van der Waals surface area contributed by atoms with Gasteiger partial charge < -0.3 is 9.80 Å². The summed E-state index contributed by atoms with van der Waals surface area (Å²) in [6.45, 7) is 12.5. The van der Waals surface area contributed by atoms with Crippen molar-refractivity contribution >= 4 is 21.6 Å². The number of likely N-dealkylation sites (N-methyl/N-ethyl adjacent to an activating group) is 1. The number of piperazine rings is 1. The number of anilines is 1. The molecule has 0 saturated carbocycles. The lowest BCUT2D eigenvalue weighted by Crippen LogP contribution is -2.49. The predicted molar refractivity (Wildman–Crippen MR) is 111 cm³/mol. The van der Waals surface area contributed by atoms with Crippen LogP contribution in [0.15, 0.2) is 18.2 Å². The van der Waals surface area contributed by atoms with Gasteiger partial charge in [-0.25, -0.2) is 8.42 Å². The molecule has 2 rings (SSSR count). The zero-order valence-electron chi connectivity index (χ0n) is 17.2. The Labute approximate surface area is 164 Å². The van der Waals surface area contributed by atoms with E-state index in [9.17, 15) is 13.2 Å². The summed E-state index contributed by atoms with van der Waals surface area (Å²) in [6, 6.07) is 5.84. The highest BCUT2D eigenvalue weighted by Crippen LogP contribution is 2.32. The first-order valence-electron chi connectivity index (χ1n) is 9.72. The molecule has 1 fully saturated rings. The smallest absolute Gasteiger partial charge is 0.232 e. The van der Waals surface area contributed by atoms with E-state index in [1.54, 1.807) is 0 Å². The Kier molecular flexibility index (Phi) is 7.28. The maximum atomic E-state index is 12.6. The zero-order chi connectivity index (χ0) is 20.2. The summed E-state index contributed by atoms with van der Waals surface area (Å²) in [4.78, 5) is 16.8. The summed E-state index contributed by atoms with van der Waals surface area (Å²) < 4.78 is 26.5. The second-order valence-corrected chi connectivity index (χ2v) is 9.47. The molecule has 0 bridgehead atoms. The molecule has 152 valence electrons. The van der Waals surface area contributed by atoms with Gasteiger partial charge in [-0.1, -0.05) is 39.0 Å². The average molecular weight is 396 g/mol. The number of amides is 1. The van der Waals surface area contributed by atoms with Crippen LogP contribution in [0.4, 0.5) is 5.69 Å². The van der Waals surface area contributed by atoms with Crippen LogP contribution >= 0.6 is 0 Å². The van der Waals surface area contributed by atoms with Crippen LogP contribution in [-0.2, 0) is 14.8 Å². The monoisotopic (exact) mass is 395 g/mol. The molecule has 6 nitrogen and oxygen atoms in total. The highest BCUT2D eigenvalue weighted by atomic mass is 32.2. The molecule has 1 heterocycles. The number of carbonyl (C=O) groups is 1. The minimum Gasteiger partial charge on any atom is -0.340 e. The lowest BCUT2D eigenvalue weighted by molar-refractivity contribution is -0.132. The maximum Gasteiger partial charge on any atom is 0.232 e. The van der Waals surface area contributed by atoms with Gasteiger partial charge in [-0.3, -0.25) is 9.10 Å². The van der Waals surface area contributed by atoms with Gasteiger partial charge in [0.25, 0.3) is 0 Å². The third kappa shape index (κ3) is 5.45. The van der Waals surface area contributed by atoms with Crippen LogP contribution in [0.5, 0.6) is 0 Å². The Morgan fingerprint density at radius 2 is 1.81 bits per heavy atom. The molecule has 7 heteroatoms. The standard InChI is InChI=1S/C20H33N3O3S/c1-6-21-12-14-22(15-13-21)19(24)10-11-23(27(5,25)26)20-17(4)8-7-9-18(20)16(2)3/h7-9,16H,6,10-15H2,1-5H3. The summed E-state index contributed by atoms with van der Waals surface area (Å²) in [5.41, 5.74) is 2.62. The van der Waals surface area contributed by atoms with Crippen LogP contribution in [0.25, 0.3) is 0 Å². The molecule has 0 spiro atoms. The van der Waals surface area contributed by atoms with E-state index in [0.717, 1.165) is 36.4 Å². The predicted octanol–water partition coefficient (Wildman–Crippen LogP) is 2.44. The maximum absolute atomic E-state index is 12.6. The quantitative estimate of drug-likeness (QED) is 0.711. The highest BCUT2D eigenvalue weighted by Gasteiger charge is 2.26. The first-order valence-corrected chi connectivity index (χ1v) is 11.6. The second kappa shape index (κ2) is 9.06. The van der Waals surface area contributed by atoms with E-state index in [2.05, 4.69) is 25.7 Å². The van der Waals surface area contributed by atoms with Gasteiger partial charge in [-0.05, 0) is 30.5 Å². The van der Waals surface area contributed by atoms with Crippen molar-refractivity contribution in [3.63, 3.8) is 0 Å². The summed E-state index contributed by atoms with van der Waals surface area (Å²) >= 11 is 0. The lowest BCUT2D eigenvalue weighted by Gasteiger charge is -2.34. The molecule has 1 aliphatic heterocycles. The van der Waals surface area contributed by atoms with Crippen LogP contribution in [0, 0.1) is 6.92 Å². The molecule has 1 aliphatic rings.